The lowest BCUT2D eigenvalue weighted by molar-refractivity contribution is -0.138. The molecule has 0 radical (unpaired) electrons. The number of ether oxygens (including phenoxy) is 2. The number of carbonyl (C=O) groups excluding carboxylic acids is 1. The number of hydrogen-bond donors (Lipinski definition) is 0. The Hall–Kier alpha value is -3.53. The van der Waals surface area contributed by atoms with E-state index in [2.05, 4.69) is 17.6 Å². The van der Waals surface area contributed by atoms with Crippen molar-refractivity contribution in [1.82, 2.24) is 9.13 Å². The highest BCUT2D eigenvalue weighted by molar-refractivity contribution is 7.10. The van der Waals surface area contributed by atoms with Crippen LogP contribution in [0.15, 0.2) is 69.3 Å². The number of aryl methyl sites for hydroxylation is 1. The number of hydrogen-bond acceptors (Lipinski definition) is 7. The molecule has 0 fully saturated rings. The Labute approximate surface area is 228 Å². The second-order valence-corrected chi connectivity index (χ2v) is 10.9. The van der Waals surface area contributed by atoms with Crippen molar-refractivity contribution in [3.05, 3.63) is 107 Å². The Kier molecular flexibility index (Phi) is 7.60. The molecular weight excluding hydrogens is 518 g/mol. The van der Waals surface area contributed by atoms with Crippen molar-refractivity contribution in [3.8, 4) is 0 Å². The highest BCUT2D eigenvalue weighted by Crippen LogP contribution is 2.36. The van der Waals surface area contributed by atoms with Crippen LogP contribution in [0.5, 0.6) is 0 Å². The third kappa shape index (κ3) is 4.73. The molecule has 1 aliphatic rings. The van der Waals surface area contributed by atoms with Gasteiger partial charge in [0, 0.05) is 35.5 Å². The second-order valence-electron chi connectivity index (χ2n) is 8.92. The van der Waals surface area contributed by atoms with E-state index in [1.54, 1.807) is 18.6 Å². The maximum Gasteiger partial charge on any atom is 0.338 e. The molecule has 1 unspecified atom stereocenters. The summed E-state index contributed by atoms with van der Waals surface area (Å²) in [7, 11) is 1.69. The van der Waals surface area contributed by atoms with Crippen molar-refractivity contribution in [1.29, 1.82) is 0 Å². The molecule has 4 aromatic rings. The molecule has 0 bridgehead atoms. The maximum atomic E-state index is 14.0. The summed E-state index contributed by atoms with van der Waals surface area (Å²) in [5, 5.41) is 1.95. The smallest absolute Gasteiger partial charge is 0.338 e. The number of aromatic nitrogens is 2. The highest BCUT2D eigenvalue weighted by atomic mass is 32.1. The van der Waals surface area contributed by atoms with Crippen LogP contribution in [0.4, 0.5) is 0 Å². The van der Waals surface area contributed by atoms with Crippen LogP contribution in [0.25, 0.3) is 11.8 Å². The largest absolute Gasteiger partial charge is 0.463 e. The van der Waals surface area contributed by atoms with E-state index in [0.29, 0.717) is 27.2 Å². The van der Waals surface area contributed by atoms with Crippen LogP contribution >= 0.6 is 22.7 Å². The van der Waals surface area contributed by atoms with Gasteiger partial charge >= 0.3 is 5.97 Å². The van der Waals surface area contributed by atoms with Crippen molar-refractivity contribution in [3.63, 3.8) is 0 Å². The topological polar surface area (TPSA) is 74.8 Å². The summed E-state index contributed by atoms with van der Waals surface area (Å²) in [4.78, 5) is 33.7. The van der Waals surface area contributed by atoms with E-state index < -0.39 is 12.0 Å². The minimum Gasteiger partial charge on any atom is -0.463 e. The molecule has 3 aromatic heterocycles. The predicted molar refractivity (Wildman–Crippen MR) is 151 cm³/mol. The fraction of sp³-hybridized carbons (Fsp3) is 0.276. The SMILES string of the molecule is CCOC(=O)C1=C(c2ccccc2)N=c2s/c(=C\c3cc(C)n(CCOC)c3C)c(=O)n2C1c1cccs1. The third-order valence-electron chi connectivity index (χ3n) is 6.60. The van der Waals surface area contributed by atoms with Crippen LogP contribution in [-0.4, -0.2) is 35.4 Å². The Bertz CT molecular complexity index is 1680. The maximum absolute atomic E-state index is 14.0. The van der Waals surface area contributed by atoms with Gasteiger partial charge in [0.05, 0.1) is 29.0 Å². The molecule has 38 heavy (non-hydrogen) atoms. The first-order valence-corrected chi connectivity index (χ1v) is 14.1. The summed E-state index contributed by atoms with van der Waals surface area (Å²) in [5.74, 6) is -0.468. The summed E-state index contributed by atoms with van der Waals surface area (Å²) in [5.41, 5.74) is 4.68. The molecule has 4 heterocycles. The Morgan fingerprint density at radius 1 is 1.16 bits per heavy atom. The van der Waals surface area contributed by atoms with E-state index in [4.69, 9.17) is 14.5 Å². The molecule has 196 valence electrons. The van der Waals surface area contributed by atoms with Gasteiger partial charge in [-0.05, 0) is 49.9 Å². The van der Waals surface area contributed by atoms with Crippen molar-refractivity contribution >= 4 is 40.4 Å². The monoisotopic (exact) mass is 547 g/mol. The zero-order valence-electron chi connectivity index (χ0n) is 21.8. The molecule has 0 amide bonds. The van der Waals surface area contributed by atoms with Gasteiger partial charge in [-0.25, -0.2) is 9.79 Å². The number of nitrogens with zero attached hydrogens (tertiary/aromatic N) is 3. The van der Waals surface area contributed by atoms with Gasteiger partial charge in [-0.1, -0.05) is 47.7 Å². The molecule has 0 spiro atoms. The molecule has 9 heteroatoms. The van der Waals surface area contributed by atoms with E-state index in [0.717, 1.165) is 33.9 Å². The van der Waals surface area contributed by atoms with Crippen molar-refractivity contribution in [2.45, 2.75) is 33.4 Å². The number of benzene rings is 1. The first kappa shape index (κ1) is 26.1. The number of esters is 1. The quantitative estimate of drug-likeness (QED) is 0.312. The second kappa shape index (κ2) is 11.1. The molecular formula is C29H29N3O4S2. The van der Waals surface area contributed by atoms with E-state index in [9.17, 15) is 9.59 Å². The number of thiazole rings is 1. The van der Waals surface area contributed by atoms with Crippen molar-refractivity contribution < 1.29 is 14.3 Å². The molecule has 0 saturated carbocycles. The highest BCUT2D eigenvalue weighted by Gasteiger charge is 2.35. The summed E-state index contributed by atoms with van der Waals surface area (Å²) >= 11 is 2.84. The molecule has 5 rings (SSSR count). The van der Waals surface area contributed by atoms with Gasteiger partial charge in [0.25, 0.3) is 5.56 Å². The third-order valence-corrected chi connectivity index (χ3v) is 8.51. The van der Waals surface area contributed by atoms with Gasteiger partial charge in [-0.2, -0.15) is 0 Å². The average molecular weight is 548 g/mol. The van der Waals surface area contributed by atoms with Crippen LogP contribution in [0.2, 0.25) is 0 Å². The van der Waals surface area contributed by atoms with Crippen LogP contribution in [0.1, 0.15) is 40.4 Å². The number of rotatable bonds is 8. The lowest BCUT2D eigenvalue weighted by atomic mass is 9.97. The van der Waals surface area contributed by atoms with E-state index in [1.807, 2.05) is 60.8 Å². The van der Waals surface area contributed by atoms with Crippen molar-refractivity contribution in [2.75, 3.05) is 20.3 Å². The summed E-state index contributed by atoms with van der Waals surface area (Å²) in [6.45, 7) is 7.45. The zero-order chi connectivity index (χ0) is 26.8. The average Bonchev–Trinajstić information content (AvgIpc) is 3.62. The minimum atomic E-state index is -0.628. The Balaban J connectivity index is 1.75. The fourth-order valence-corrected chi connectivity index (χ4v) is 6.61. The van der Waals surface area contributed by atoms with E-state index in [-0.39, 0.29) is 12.2 Å². The molecule has 0 aliphatic carbocycles. The van der Waals surface area contributed by atoms with Gasteiger partial charge in [-0.15, -0.1) is 11.3 Å². The number of thiophene rings is 1. The molecule has 0 N–H and O–H groups in total. The molecule has 1 aromatic carbocycles. The first-order chi connectivity index (χ1) is 18.4. The van der Waals surface area contributed by atoms with Crippen LogP contribution in [0, 0.1) is 13.8 Å². The van der Waals surface area contributed by atoms with Crippen LogP contribution < -0.4 is 14.9 Å². The fourth-order valence-electron chi connectivity index (χ4n) is 4.80. The van der Waals surface area contributed by atoms with E-state index in [1.165, 1.54) is 22.7 Å². The zero-order valence-corrected chi connectivity index (χ0v) is 23.4. The van der Waals surface area contributed by atoms with Gasteiger partial charge in [0.15, 0.2) is 4.80 Å². The normalized spacial score (nSPS) is 15.5. The van der Waals surface area contributed by atoms with Gasteiger partial charge in [-0.3, -0.25) is 9.36 Å². The van der Waals surface area contributed by atoms with Crippen molar-refractivity contribution in [2.24, 2.45) is 4.99 Å². The first-order valence-electron chi connectivity index (χ1n) is 12.4. The number of carbonyl (C=O) groups is 1. The van der Waals surface area contributed by atoms with Gasteiger partial charge in [0.2, 0.25) is 0 Å². The van der Waals surface area contributed by atoms with Gasteiger partial charge in [0.1, 0.15) is 6.04 Å². The number of methoxy groups -OCH3 is 1. The summed E-state index contributed by atoms with van der Waals surface area (Å²) < 4.78 is 15.2. The van der Waals surface area contributed by atoms with Crippen LogP contribution in [-0.2, 0) is 20.8 Å². The summed E-state index contributed by atoms with van der Waals surface area (Å²) in [6.07, 6.45) is 1.93. The Morgan fingerprint density at radius 2 is 1.95 bits per heavy atom. The van der Waals surface area contributed by atoms with Crippen LogP contribution in [0.3, 0.4) is 0 Å². The molecule has 1 atom stereocenters. The lowest BCUT2D eigenvalue weighted by Gasteiger charge is -2.24. The van der Waals surface area contributed by atoms with E-state index >= 15 is 0 Å². The predicted octanol–water partition coefficient (Wildman–Crippen LogP) is 4.06. The standard InChI is InChI=1S/C29H29N3O4S2/c1-5-36-28(34)24-25(20-10-7-6-8-11-20)30-29-32(26(24)22-12-9-15-37-22)27(33)23(38-29)17-21-16-18(2)31(19(21)3)13-14-35-4/h6-12,15-17,26H,5,13-14H2,1-4H3/b23-17-. The van der Waals surface area contributed by atoms with Gasteiger partial charge < -0.3 is 14.0 Å². The number of fused-ring (bicyclic) bond motifs is 1. The summed E-state index contributed by atoms with van der Waals surface area (Å²) in [6, 6.07) is 14.9. The Morgan fingerprint density at radius 3 is 2.63 bits per heavy atom. The minimum absolute atomic E-state index is 0.178. The molecule has 0 saturated heterocycles. The lowest BCUT2D eigenvalue weighted by Crippen LogP contribution is -2.39. The molecule has 1 aliphatic heterocycles. The molecule has 7 nitrogen and oxygen atoms in total.